The second-order valence-electron chi connectivity index (χ2n) is 5.31. The Morgan fingerprint density at radius 2 is 1.95 bits per heavy atom. The van der Waals surface area contributed by atoms with Crippen LogP contribution >= 0.6 is 0 Å². The first kappa shape index (κ1) is 15.8. The number of benzene rings is 1. The zero-order valence-electron chi connectivity index (χ0n) is 12.5. The van der Waals surface area contributed by atoms with Gasteiger partial charge in [-0.05, 0) is 11.5 Å². The van der Waals surface area contributed by atoms with Crippen LogP contribution in [0, 0.1) is 0 Å². The fourth-order valence-electron chi connectivity index (χ4n) is 1.98. The molecule has 6 nitrogen and oxygen atoms in total. The van der Waals surface area contributed by atoms with Crippen LogP contribution in [0.5, 0.6) is 0 Å². The highest BCUT2D eigenvalue weighted by molar-refractivity contribution is 5.93. The van der Waals surface area contributed by atoms with Crippen LogP contribution in [0.4, 0.5) is 0 Å². The average Bonchev–Trinajstić information content (AvgIpc) is 2.96. The smallest absolute Gasteiger partial charge is 0.323 e. The van der Waals surface area contributed by atoms with Crippen LogP contribution in [0.3, 0.4) is 0 Å². The van der Waals surface area contributed by atoms with E-state index in [9.17, 15) is 9.59 Å². The van der Waals surface area contributed by atoms with Crippen molar-refractivity contribution < 1.29 is 19.2 Å². The highest BCUT2D eigenvalue weighted by atomic mass is 16.5. The summed E-state index contributed by atoms with van der Waals surface area (Å²) < 4.78 is 5.05. The maximum atomic E-state index is 12.4. The van der Waals surface area contributed by atoms with Gasteiger partial charge >= 0.3 is 5.97 Å². The van der Waals surface area contributed by atoms with Crippen molar-refractivity contribution in [3.8, 4) is 0 Å². The van der Waals surface area contributed by atoms with E-state index in [1.807, 2.05) is 44.2 Å². The van der Waals surface area contributed by atoms with Gasteiger partial charge in [-0.2, -0.15) is 0 Å². The molecule has 0 aliphatic carbocycles. The minimum absolute atomic E-state index is 0.0564. The molecule has 0 saturated carbocycles. The molecule has 1 N–H and O–H groups in total. The van der Waals surface area contributed by atoms with Crippen molar-refractivity contribution in [3.05, 3.63) is 53.4 Å². The van der Waals surface area contributed by atoms with E-state index in [2.05, 4.69) is 5.16 Å². The number of rotatable bonds is 6. The molecule has 0 aliphatic heterocycles. The normalized spacial score (nSPS) is 10.7. The fraction of sp³-hybridized carbons (Fsp3) is 0.312. The summed E-state index contributed by atoms with van der Waals surface area (Å²) in [7, 11) is 0. The number of hydrogen-bond acceptors (Lipinski definition) is 4. The van der Waals surface area contributed by atoms with Gasteiger partial charge in [-0.25, -0.2) is 0 Å². The number of nitrogens with zero attached hydrogens (tertiary/aromatic N) is 2. The van der Waals surface area contributed by atoms with Gasteiger partial charge in [-0.1, -0.05) is 49.3 Å². The zero-order chi connectivity index (χ0) is 16.1. The van der Waals surface area contributed by atoms with Crippen LogP contribution in [0.25, 0.3) is 0 Å². The molecule has 2 aromatic rings. The lowest BCUT2D eigenvalue weighted by Crippen LogP contribution is -2.35. The molecular weight excluding hydrogens is 284 g/mol. The molecule has 1 aromatic heterocycles. The molecule has 0 atom stereocenters. The first-order valence-corrected chi connectivity index (χ1v) is 6.99. The Morgan fingerprint density at radius 1 is 1.27 bits per heavy atom. The van der Waals surface area contributed by atoms with Gasteiger partial charge in [-0.3, -0.25) is 9.59 Å². The van der Waals surface area contributed by atoms with Crippen molar-refractivity contribution >= 4 is 11.9 Å². The Balaban J connectivity index is 2.20. The highest BCUT2D eigenvalue weighted by Gasteiger charge is 2.23. The Bertz CT molecular complexity index is 649. The van der Waals surface area contributed by atoms with E-state index in [-0.39, 0.29) is 18.2 Å². The molecule has 1 heterocycles. The van der Waals surface area contributed by atoms with Crippen LogP contribution in [-0.2, 0) is 11.3 Å². The minimum atomic E-state index is -1.08. The summed E-state index contributed by atoms with van der Waals surface area (Å²) in [6.07, 6.45) is 0. The number of amides is 1. The first-order chi connectivity index (χ1) is 10.5. The number of carboxylic acid groups (broad SMARTS) is 1. The Kier molecular flexibility index (Phi) is 4.93. The molecule has 0 unspecified atom stereocenters. The van der Waals surface area contributed by atoms with E-state index in [4.69, 9.17) is 9.63 Å². The second kappa shape index (κ2) is 6.89. The minimum Gasteiger partial charge on any atom is -0.480 e. The summed E-state index contributed by atoms with van der Waals surface area (Å²) in [6.45, 7) is 3.67. The van der Waals surface area contributed by atoms with Crippen molar-refractivity contribution in [3.63, 3.8) is 0 Å². The number of carboxylic acids is 1. The van der Waals surface area contributed by atoms with Crippen molar-refractivity contribution in [2.75, 3.05) is 6.54 Å². The van der Waals surface area contributed by atoms with Crippen LogP contribution in [0.2, 0.25) is 0 Å². The number of aromatic nitrogens is 1. The number of carbonyl (C=O) groups is 2. The third-order valence-electron chi connectivity index (χ3n) is 3.16. The predicted molar refractivity (Wildman–Crippen MR) is 79.4 cm³/mol. The molecule has 0 saturated heterocycles. The molecule has 22 heavy (non-hydrogen) atoms. The van der Waals surface area contributed by atoms with Crippen LogP contribution in [0.15, 0.2) is 40.9 Å². The molecule has 0 bridgehead atoms. The number of aliphatic carboxylic acids is 1. The van der Waals surface area contributed by atoms with E-state index in [0.717, 1.165) is 5.56 Å². The fourth-order valence-corrected chi connectivity index (χ4v) is 1.98. The third kappa shape index (κ3) is 3.94. The Hall–Kier alpha value is -2.63. The number of carbonyl (C=O) groups excluding carboxylic acids is 1. The van der Waals surface area contributed by atoms with Crippen molar-refractivity contribution in [2.24, 2.45) is 0 Å². The van der Waals surface area contributed by atoms with Crippen LogP contribution in [0.1, 0.15) is 41.6 Å². The lowest BCUT2D eigenvalue weighted by Gasteiger charge is -2.19. The van der Waals surface area contributed by atoms with Gasteiger partial charge < -0.3 is 14.5 Å². The van der Waals surface area contributed by atoms with E-state index >= 15 is 0 Å². The maximum Gasteiger partial charge on any atom is 0.323 e. The van der Waals surface area contributed by atoms with Crippen molar-refractivity contribution in [2.45, 2.75) is 26.3 Å². The molecule has 1 amide bonds. The van der Waals surface area contributed by atoms with E-state index in [1.54, 1.807) is 6.07 Å². The van der Waals surface area contributed by atoms with Crippen molar-refractivity contribution in [1.82, 2.24) is 10.1 Å². The topological polar surface area (TPSA) is 83.6 Å². The van der Waals surface area contributed by atoms with Gasteiger partial charge in [0.05, 0.1) is 5.69 Å². The molecule has 2 rings (SSSR count). The van der Waals surface area contributed by atoms with Gasteiger partial charge in [0.1, 0.15) is 6.54 Å². The molecule has 0 aliphatic rings. The molecule has 116 valence electrons. The Morgan fingerprint density at radius 3 is 2.50 bits per heavy atom. The van der Waals surface area contributed by atoms with Gasteiger partial charge in [0.2, 0.25) is 5.76 Å². The summed E-state index contributed by atoms with van der Waals surface area (Å²) >= 11 is 0. The second-order valence-corrected chi connectivity index (χ2v) is 5.31. The monoisotopic (exact) mass is 302 g/mol. The highest BCUT2D eigenvalue weighted by Crippen LogP contribution is 2.16. The first-order valence-electron chi connectivity index (χ1n) is 6.99. The summed E-state index contributed by atoms with van der Waals surface area (Å²) in [4.78, 5) is 24.7. The molecule has 0 fully saturated rings. The largest absolute Gasteiger partial charge is 0.480 e. The lowest BCUT2D eigenvalue weighted by atomic mass is 10.1. The maximum absolute atomic E-state index is 12.4. The van der Waals surface area contributed by atoms with Gasteiger partial charge in [0.25, 0.3) is 5.91 Å². The van der Waals surface area contributed by atoms with E-state index in [0.29, 0.717) is 5.69 Å². The zero-order valence-corrected chi connectivity index (χ0v) is 12.5. The summed E-state index contributed by atoms with van der Waals surface area (Å²) in [5.41, 5.74) is 1.51. The molecule has 0 spiro atoms. The standard InChI is InChI=1S/C16H18N2O4/c1-11(2)13-8-14(22-17-13)16(21)18(10-15(19)20)9-12-6-4-3-5-7-12/h3-8,11H,9-10H2,1-2H3,(H,19,20). The molecular formula is C16H18N2O4. The SMILES string of the molecule is CC(C)c1cc(C(=O)N(CC(=O)O)Cc2ccccc2)on1. The summed E-state index contributed by atoms with van der Waals surface area (Å²) in [6, 6.07) is 10.8. The molecule has 1 aromatic carbocycles. The summed E-state index contributed by atoms with van der Waals surface area (Å²) in [5.74, 6) is -1.37. The summed E-state index contributed by atoms with van der Waals surface area (Å²) in [5, 5.41) is 12.8. The van der Waals surface area contributed by atoms with Crippen LogP contribution < -0.4 is 0 Å². The Labute approximate surface area is 128 Å². The van der Waals surface area contributed by atoms with E-state index < -0.39 is 18.4 Å². The van der Waals surface area contributed by atoms with Gasteiger partial charge in [0.15, 0.2) is 0 Å². The van der Waals surface area contributed by atoms with Crippen molar-refractivity contribution in [1.29, 1.82) is 0 Å². The third-order valence-corrected chi connectivity index (χ3v) is 3.16. The predicted octanol–water partition coefficient (Wildman–Crippen LogP) is 2.53. The molecule has 6 heteroatoms. The van der Waals surface area contributed by atoms with E-state index in [1.165, 1.54) is 4.90 Å². The number of hydrogen-bond donors (Lipinski definition) is 1. The molecule has 0 radical (unpaired) electrons. The average molecular weight is 302 g/mol. The quantitative estimate of drug-likeness (QED) is 0.886. The van der Waals surface area contributed by atoms with Crippen LogP contribution in [-0.4, -0.2) is 33.6 Å². The van der Waals surface area contributed by atoms with Gasteiger partial charge in [-0.15, -0.1) is 0 Å². The lowest BCUT2D eigenvalue weighted by molar-refractivity contribution is -0.137. The van der Waals surface area contributed by atoms with Gasteiger partial charge in [0, 0.05) is 12.6 Å².